The smallest absolute Gasteiger partial charge is 0.251 e. The molecule has 4 N–H and O–H groups in total. The first-order valence-electron chi connectivity index (χ1n) is 8.36. The number of nitrogens with two attached hydrogens (primary N) is 1. The van der Waals surface area contributed by atoms with Gasteiger partial charge in [-0.15, -0.1) is 12.4 Å². The maximum Gasteiger partial charge on any atom is 0.251 e. The van der Waals surface area contributed by atoms with Gasteiger partial charge in [0.25, 0.3) is 5.91 Å². The molecule has 1 saturated carbocycles. The average molecular weight is 354 g/mol. The molecule has 1 aliphatic rings. The third-order valence-corrected chi connectivity index (χ3v) is 4.82. The number of carbonyl (C=O) groups is 2. The summed E-state index contributed by atoms with van der Waals surface area (Å²) in [4.78, 5) is 23.7. The molecule has 0 spiro atoms. The highest BCUT2D eigenvalue weighted by atomic mass is 35.5. The molecule has 0 radical (unpaired) electrons. The van der Waals surface area contributed by atoms with Gasteiger partial charge in [-0.2, -0.15) is 0 Å². The Balaban J connectivity index is 0.00000288. The number of hydrogen-bond donors (Lipinski definition) is 3. The summed E-state index contributed by atoms with van der Waals surface area (Å²) in [5.41, 5.74) is 7.53. The molecule has 24 heavy (non-hydrogen) atoms. The first-order chi connectivity index (χ1) is 11.1. The van der Waals surface area contributed by atoms with Gasteiger partial charge in [0, 0.05) is 25.6 Å². The van der Waals surface area contributed by atoms with Crippen molar-refractivity contribution in [3.8, 4) is 0 Å². The van der Waals surface area contributed by atoms with E-state index in [0.29, 0.717) is 25.1 Å². The van der Waals surface area contributed by atoms with E-state index in [4.69, 9.17) is 5.73 Å². The Hall–Kier alpha value is -1.59. The third kappa shape index (κ3) is 5.49. The normalized spacial score (nSPS) is 15.9. The minimum Gasteiger partial charge on any atom is -0.355 e. The van der Waals surface area contributed by atoms with E-state index in [2.05, 4.69) is 10.6 Å². The highest BCUT2D eigenvalue weighted by molar-refractivity contribution is 5.93. The first-order valence-corrected chi connectivity index (χ1v) is 8.36. The maximum atomic E-state index is 12.2. The summed E-state index contributed by atoms with van der Waals surface area (Å²) in [6.45, 7) is 1.06. The molecule has 6 heteroatoms. The van der Waals surface area contributed by atoms with Crippen LogP contribution in [-0.4, -0.2) is 25.4 Å². The van der Waals surface area contributed by atoms with Crippen LogP contribution in [0, 0.1) is 5.41 Å². The second-order valence-corrected chi connectivity index (χ2v) is 6.49. The van der Waals surface area contributed by atoms with Crippen LogP contribution < -0.4 is 16.4 Å². The Bertz CT molecular complexity index is 540. The van der Waals surface area contributed by atoms with Gasteiger partial charge in [0.05, 0.1) is 0 Å². The Morgan fingerprint density at radius 2 is 1.75 bits per heavy atom. The van der Waals surface area contributed by atoms with Crippen LogP contribution in [0.3, 0.4) is 0 Å². The molecule has 1 aliphatic carbocycles. The Labute approximate surface area is 150 Å². The van der Waals surface area contributed by atoms with Gasteiger partial charge in [-0.3, -0.25) is 9.59 Å². The van der Waals surface area contributed by atoms with Crippen molar-refractivity contribution in [2.75, 3.05) is 13.6 Å². The summed E-state index contributed by atoms with van der Waals surface area (Å²) in [6, 6.07) is 7.26. The van der Waals surface area contributed by atoms with Gasteiger partial charge in [0.2, 0.25) is 5.91 Å². The molecule has 5 nitrogen and oxygen atoms in total. The van der Waals surface area contributed by atoms with Crippen molar-refractivity contribution in [1.82, 2.24) is 10.6 Å². The second-order valence-electron chi connectivity index (χ2n) is 6.49. The Morgan fingerprint density at radius 1 is 1.12 bits per heavy atom. The van der Waals surface area contributed by atoms with E-state index in [1.54, 1.807) is 19.2 Å². The predicted molar refractivity (Wildman–Crippen MR) is 98.1 cm³/mol. The molecule has 0 bridgehead atoms. The average Bonchev–Trinajstić information content (AvgIpc) is 2.60. The topological polar surface area (TPSA) is 84.2 Å². The van der Waals surface area contributed by atoms with E-state index in [1.165, 1.54) is 19.3 Å². The number of benzene rings is 1. The second kappa shape index (κ2) is 9.64. The molecule has 0 atom stereocenters. The molecule has 0 aliphatic heterocycles. The number of carbonyl (C=O) groups excluding carboxylic acids is 2. The number of halogens is 1. The zero-order chi connectivity index (χ0) is 16.7. The molecule has 0 unspecified atom stereocenters. The van der Waals surface area contributed by atoms with Crippen molar-refractivity contribution in [2.45, 2.75) is 45.1 Å². The Morgan fingerprint density at radius 3 is 2.29 bits per heavy atom. The molecule has 0 aromatic heterocycles. The fourth-order valence-electron chi connectivity index (χ4n) is 3.28. The minimum atomic E-state index is -0.109. The van der Waals surface area contributed by atoms with Gasteiger partial charge in [-0.25, -0.2) is 0 Å². The molecular formula is C18H28ClN3O2. The zero-order valence-electron chi connectivity index (χ0n) is 14.3. The van der Waals surface area contributed by atoms with E-state index in [-0.39, 0.29) is 29.6 Å². The largest absolute Gasteiger partial charge is 0.355 e. The van der Waals surface area contributed by atoms with Gasteiger partial charge in [-0.1, -0.05) is 31.4 Å². The SMILES string of the molecule is CNC(=O)c1ccc(CNC(=O)CC2(CN)CCCCC2)cc1.Cl. The van der Waals surface area contributed by atoms with Gasteiger partial charge in [0.15, 0.2) is 0 Å². The number of nitrogens with one attached hydrogen (secondary N) is 2. The molecular weight excluding hydrogens is 326 g/mol. The van der Waals surface area contributed by atoms with Crippen LogP contribution in [-0.2, 0) is 11.3 Å². The van der Waals surface area contributed by atoms with Crippen molar-refractivity contribution in [3.63, 3.8) is 0 Å². The van der Waals surface area contributed by atoms with Gasteiger partial charge in [-0.05, 0) is 42.5 Å². The molecule has 1 fully saturated rings. The van der Waals surface area contributed by atoms with Gasteiger partial charge in [0.1, 0.15) is 0 Å². The monoisotopic (exact) mass is 353 g/mol. The van der Waals surface area contributed by atoms with E-state index < -0.39 is 0 Å². The zero-order valence-corrected chi connectivity index (χ0v) is 15.1. The van der Waals surface area contributed by atoms with Crippen molar-refractivity contribution in [1.29, 1.82) is 0 Å². The molecule has 1 aromatic rings. The lowest BCUT2D eigenvalue weighted by Crippen LogP contribution is -2.38. The van der Waals surface area contributed by atoms with E-state index in [1.807, 2.05) is 12.1 Å². The first kappa shape index (κ1) is 20.5. The molecule has 2 amide bonds. The van der Waals surface area contributed by atoms with E-state index in [0.717, 1.165) is 18.4 Å². The van der Waals surface area contributed by atoms with Crippen LogP contribution >= 0.6 is 12.4 Å². The summed E-state index contributed by atoms with van der Waals surface area (Å²) in [5.74, 6) is -0.0458. The molecule has 0 saturated heterocycles. The van der Waals surface area contributed by atoms with Crippen LogP contribution in [0.25, 0.3) is 0 Å². The van der Waals surface area contributed by atoms with E-state index in [9.17, 15) is 9.59 Å². The lowest BCUT2D eigenvalue weighted by molar-refractivity contribution is -0.124. The summed E-state index contributed by atoms with van der Waals surface area (Å²) in [7, 11) is 1.61. The number of rotatable bonds is 6. The highest BCUT2D eigenvalue weighted by Crippen LogP contribution is 2.38. The molecule has 2 rings (SSSR count). The van der Waals surface area contributed by atoms with Crippen LogP contribution in [0.4, 0.5) is 0 Å². The molecule has 134 valence electrons. The van der Waals surface area contributed by atoms with Crippen molar-refractivity contribution < 1.29 is 9.59 Å². The summed E-state index contributed by atoms with van der Waals surface area (Å²) < 4.78 is 0. The standard InChI is InChI=1S/C18H27N3O2.ClH/c1-20-17(23)15-7-5-14(6-8-15)12-21-16(22)11-18(13-19)9-3-2-4-10-18;/h5-8H,2-4,9-13,19H2,1H3,(H,20,23)(H,21,22);1H. The third-order valence-electron chi connectivity index (χ3n) is 4.82. The van der Waals surface area contributed by atoms with Crippen molar-refractivity contribution in [3.05, 3.63) is 35.4 Å². The summed E-state index contributed by atoms with van der Waals surface area (Å²) in [6.07, 6.45) is 6.22. The Kier molecular flexibility index (Phi) is 8.22. The fourth-order valence-corrected chi connectivity index (χ4v) is 3.28. The molecule has 0 heterocycles. The fraction of sp³-hybridized carbons (Fsp3) is 0.556. The van der Waals surface area contributed by atoms with Crippen LogP contribution in [0.1, 0.15) is 54.4 Å². The van der Waals surface area contributed by atoms with Gasteiger partial charge >= 0.3 is 0 Å². The minimum absolute atomic E-state index is 0. The maximum absolute atomic E-state index is 12.2. The van der Waals surface area contributed by atoms with Crippen LogP contribution in [0.15, 0.2) is 24.3 Å². The van der Waals surface area contributed by atoms with Crippen molar-refractivity contribution >= 4 is 24.2 Å². The summed E-state index contributed by atoms with van der Waals surface area (Å²) >= 11 is 0. The molecule has 1 aromatic carbocycles. The lowest BCUT2D eigenvalue weighted by Gasteiger charge is -2.35. The number of hydrogen-bond acceptors (Lipinski definition) is 3. The number of amides is 2. The summed E-state index contributed by atoms with van der Waals surface area (Å²) in [5, 5.41) is 5.56. The lowest BCUT2D eigenvalue weighted by atomic mass is 9.71. The van der Waals surface area contributed by atoms with Crippen LogP contribution in [0.5, 0.6) is 0 Å². The van der Waals surface area contributed by atoms with Gasteiger partial charge < -0.3 is 16.4 Å². The quantitative estimate of drug-likeness (QED) is 0.734. The van der Waals surface area contributed by atoms with Crippen molar-refractivity contribution in [2.24, 2.45) is 11.1 Å². The predicted octanol–water partition coefficient (Wildman–Crippen LogP) is 2.38. The van der Waals surface area contributed by atoms with E-state index >= 15 is 0 Å². The highest BCUT2D eigenvalue weighted by Gasteiger charge is 2.32. The van der Waals surface area contributed by atoms with Crippen LogP contribution in [0.2, 0.25) is 0 Å².